The number of oxazole rings is 1. The normalized spacial score (nSPS) is 11.8. The highest BCUT2D eigenvalue weighted by molar-refractivity contribution is 7.17. The molecule has 1 aromatic carbocycles. The number of nitrogens with zero attached hydrogens (tertiary/aromatic N) is 3. The van der Waals surface area contributed by atoms with E-state index in [2.05, 4.69) is 15.3 Å². The largest absolute Gasteiger partial charge is 0.440 e. The van der Waals surface area contributed by atoms with Crippen molar-refractivity contribution in [3.63, 3.8) is 0 Å². The number of thiophene rings is 1. The lowest BCUT2D eigenvalue weighted by Gasteiger charge is -2.20. The molecule has 31 heavy (non-hydrogen) atoms. The number of carbonyl (C=O) groups is 2. The molecule has 9 heteroatoms. The molecule has 4 rings (SSSR count). The third-order valence-corrected chi connectivity index (χ3v) is 5.72. The Kier molecular flexibility index (Phi) is 5.24. The average molecular weight is 439 g/mol. The minimum atomic E-state index is -1.04. The molecule has 0 aliphatic carbocycles. The summed E-state index contributed by atoms with van der Waals surface area (Å²) < 4.78 is 7.26. The SMILES string of the molecule is CC(=O)c1ccc2c(c1)nc(NC(=O)c1ccc(-c3cnc(C)o3)s1)n2CC(C)(C)O. The van der Waals surface area contributed by atoms with Crippen LogP contribution in [0.5, 0.6) is 0 Å². The smallest absolute Gasteiger partial charge is 0.268 e. The summed E-state index contributed by atoms with van der Waals surface area (Å²) in [5.41, 5.74) is 0.776. The van der Waals surface area contributed by atoms with Gasteiger partial charge in [0.15, 0.2) is 17.4 Å². The number of aromatic nitrogens is 3. The molecule has 0 saturated carbocycles. The first kappa shape index (κ1) is 21.0. The Morgan fingerprint density at radius 3 is 2.68 bits per heavy atom. The first-order chi connectivity index (χ1) is 14.6. The maximum atomic E-state index is 12.9. The highest BCUT2D eigenvalue weighted by Gasteiger charge is 2.22. The number of ketones is 1. The lowest BCUT2D eigenvalue weighted by Crippen LogP contribution is -2.27. The van der Waals surface area contributed by atoms with Crippen LogP contribution >= 0.6 is 11.3 Å². The van der Waals surface area contributed by atoms with Crippen LogP contribution in [0.2, 0.25) is 0 Å². The molecular weight excluding hydrogens is 416 g/mol. The van der Waals surface area contributed by atoms with E-state index in [0.717, 1.165) is 4.88 Å². The number of hydrogen-bond donors (Lipinski definition) is 2. The van der Waals surface area contributed by atoms with Crippen LogP contribution in [0, 0.1) is 6.92 Å². The molecule has 3 heterocycles. The molecule has 0 aliphatic heterocycles. The average Bonchev–Trinajstić information content (AvgIpc) is 3.40. The molecule has 1 amide bonds. The van der Waals surface area contributed by atoms with Crippen molar-refractivity contribution in [1.82, 2.24) is 14.5 Å². The molecule has 160 valence electrons. The molecule has 0 aliphatic rings. The number of rotatable bonds is 6. The summed E-state index contributed by atoms with van der Waals surface area (Å²) in [5.74, 6) is 1.06. The molecule has 0 unspecified atom stereocenters. The number of fused-ring (bicyclic) bond motifs is 1. The minimum Gasteiger partial charge on any atom is -0.440 e. The van der Waals surface area contributed by atoms with Crippen molar-refractivity contribution in [3.05, 3.63) is 52.9 Å². The third-order valence-electron chi connectivity index (χ3n) is 4.62. The molecule has 0 atom stereocenters. The predicted octanol–water partition coefficient (Wildman–Crippen LogP) is 4.29. The predicted molar refractivity (Wildman–Crippen MR) is 119 cm³/mol. The first-order valence-electron chi connectivity index (χ1n) is 9.68. The number of aliphatic hydroxyl groups is 1. The number of Topliss-reactive ketones (excluding diaryl/α,β-unsaturated/α-hetero) is 1. The standard InChI is InChI=1S/C22H22N4O4S/c1-12(27)14-5-6-16-15(9-14)24-21(26(16)11-22(3,4)29)25-20(28)19-8-7-18(31-19)17-10-23-13(2)30-17/h5-10,29H,11H2,1-4H3,(H,24,25,28). The van der Waals surface area contributed by atoms with Crippen LogP contribution in [0.1, 0.15) is 46.7 Å². The van der Waals surface area contributed by atoms with Gasteiger partial charge in [-0.05, 0) is 51.1 Å². The topological polar surface area (TPSA) is 110 Å². The monoisotopic (exact) mass is 438 g/mol. The summed E-state index contributed by atoms with van der Waals surface area (Å²) in [7, 11) is 0. The molecule has 0 bridgehead atoms. The van der Waals surface area contributed by atoms with E-state index in [4.69, 9.17) is 4.42 Å². The molecule has 2 N–H and O–H groups in total. The van der Waals surface area contributed by atoms with E-state index in [9.17, 15) is 14.7 Å². The van der Waals surface area contributed by atoms with Gasteiger partial charge in [-0.15, -0.1) is 11.3 Å². The third kappa shape index (κ3) is 4.42. The van der Waals surface area contributed by atoms with Crippen LogP contribution in [0.25, 0.3) is 21.7 Å². The summed E-state index contributed by atoms with van der Waals surface area (Å²) in [6.45, 7) is 6.82. The number of benzene rings is 1. The number of anilines is 1. The van der Waals surface area contributed by atoms with Crippen LogP contribution in [0.3, 0.4) is 0 Å². The summed E-state index contributed by atoms with van der Waals surface area (Å²) in [6, 6.07) is 8.69. The van der Waals surface area contributed by atoms with Gasteiger partial charge in [0.2, 0.25) is 5.95 Å². The van der Waals surface area contributed by atoms with Gasteiger partial charge in [0, 0.05) is 12.5 Å². The fraction of sp³-hybridized carbons (Fsp3) is 0.273. The van der Waals surface area contributed by atoms with Crippen molar-refractivity contribution in [2.75, 3.05) is 5.32 Å². The quantitative estimate of drug-likeness (QED) is 0.435. The minimum absolute atomic E-state index is 0.0710. The lowest BCUT2D eigenvalue weighted by molar-refractivity contribution is 0.0630. The fourth-order valence-electron chi connectivity index (χ4n) is 3.22. The van der Waals surface area contributed by atoms with Crippen molar-refractivity contribution in [2.24, 2.45) is 0 Å². The molecule has 8 nitrogen and oxygen atoms in total. The second kappa shape index (κ2) is 7.75. The Bertz CT molecular complexity index is 1290. The maximum absolute atomic E-state index is 12.9. The number of aryl methyl sites for hydroxylation is 1. The van der Waals surface area contributed by atoms with Gasteiger partial charge in [-0.25, -0.2) is 9.97 Å². The van der Waals surface area contributed by atoms with Crippen LogP contribution in [-0.4, -0.2) is 36.9 Å². The van der Waals surface area contributed by atoms with E-state index in [-0.39, 0.29) is 18.2 Å². The zero-order valence-electron chi connectivity index (χ0n) is 17.6. The van der Waals surface area contributed by atoms with Gasteiger partial charge in [0.05, 0.1) is 39.1 Å². The van der Waals surface area contributed by atoms with Gasteiger partial charge < -0.3 is 14.1 Å². The van der Waals surface area contributed by atoms with Gasteiger partial charge in [-0.1, -0.05) is 0 Å². The van der Waals surface area contributed by atoms with E-state index in [1.54, 1.807) is 61.9 Å². The van der Waals surface area contributed by atoms with E-state index < -0.39 is 5.60 Å². The molecule has 0 fully saturated rings. The Balaban J connectivity index is 1.68. The highest BCUT2D eigenvalue weighted by Crippen LogP contribution is 2.30. The van der Waals surface area contributed by atoms with Crippen molar-refractivity contribution >= 4 is 40.0 Å². The van der Waals surface area contributed by atoms with E-state index in [0.29, 0.717) is 39.1 Å². The summed E-state index contributed by atoms with van der Waals surface area (Å²) in [5, 5.41) is 13.2. The Hall–Kier alpha value is -3.30. The molecule has 3 aromatic heterocycles. The Morgan fingerprint density at radius 2 is 2.03 bits per heavy atom. The van der Waals surface area contributed by atoms with Crippen LogP contribution in [0.15, 0.2) is 40.9 Å². The Labute approximate surface area is 182 Å². The summed E-state index contributed by atoms with van der Waals surface area (Å²) >= 11 is 1.28. The van der Waals surface area contributed by atoms with Gasteiger partial charge in [-0.3, -0.25) is 14.9 Å². The second-order valence-corrected chi connectivity index (χ2v) is 9.04. The van der Waals surface area contributed by atoms with Crippen molar-refractivity contribution in [1.29, 1.82) is 0 Å². The Morgan fingerprint density at radius 1 is 1.26 bits per heavy atom. The van der Waals surface area contributed by atoms with Crippen molar-refractivity contribution < 1.29 is 19.1 Å². The summed E-state index contributed by atoms with van der Waals surface area (Å²) in [6.07, 6.45) is 1.62. The molecule has 4 aromatic rings. The van der Waals surface area contributed by atoms with Crippen LogP contribution < -0.4 is 5.32 Å². The number of carbonyl (C=O) groups excluding carboxylic acids is 2. The zero-order valence-corrected chi connectivity index (χ0v) is 18.4. The van der Waals surface area contributed by atoms with E-state index in [1.165, 1.54) is 18.3 Å². The van der Waals surface area contributed by atoms with Gasteiger partial charge in [-0.2, -0.15) is 0 Å². The highest BCUT2D eigenvalue weighted by atomic mass is 32.1. The maximum Gasteiger partial charge on any atom is 0.268 e. The molecular formula is C22H22N4O4S. The zero-order chi connectivity index (χ0) is 22.3. The second-order valence-electron chi connectivity index (χ2n) is 7.96. The van der Waals surface area contributed by atoms with Crippen LogP contribution in [0.4, 0.5) is 5.95 Å². The summed E-state index contributed by atoms with van der Waals surface area (Å²) in [4.78, 5) is 34.5. The van der Waals surface area contributed by atoms with E-state index >= 15 is 0 Å². The van der Waals surface area contributed by atoms with Gasteiger partial charge in [0.25, 0.3) is 5.91 Å². The van der Waals surface area contributed by atoms with Crippen molar-refractivity contribution in [3.8, 4) is 10.6 Å². The van der Waals surface area contributed by atoms with Gasteiger partial charge >= 0.3 is 0 Å². The van der Waals surface area contributed by atoms with Gasteiger partial charge in [0.1, 0.15) is 0 Å². The fourth-order valence-corrected chi connectivity index (χ4v) is 4.07. The number of hydrogen-bond acceptors (Lipinski definition) is 7. The molecule has 0 radical (unpaired) electrons. The lowest BCUT2D eigenvalue weighted by atomic mass is 10.1. The van der Waals surface area contributed by atoms with E-state index in [1.807, 2.05) is 0 Å². The first-order valence-corrected chi connectivity index (χ1v) is 10.5. The number of amides is 1. The van der Waals surface area contributed by atoms with Crippen LogP contribution in [-0.2, 0) is 6.54 Å². The number of nitrogens with one attached hydrogen (secondary N) is 1. The number of imidazole rings is 1. The molecule has 0 saturated heterocycles. The van der Waals surface area contributed by atoms with Crippen molar-refractivity contribution in [2.45, 2.75) is 39.8 Å². The molecule has 0 spiro atoms.